The molecule has 0 aliphatic heterocycles. The van der Waals surface area contributed by atoms with Crippen LogP contribution < -0.4 is 10.4 Å². The van der Waals surface area contributed by atoms with E-state index in [1.807, 2.05) is 0 Å². The van der Waals surface area contributed by atoms with Gasteiger partial charge in [0.05, 0.1) is 9.52 Å². The lowest BCUT2D eigenvalue weighted by Crippen LogP contribution is -2.31. The van der Waals surface area contributed by atoms with Gasteiger partial charge in [-0.3, -0.25) is 0 Å². The van der Waals surface area contributed by atoms with Crippen molar-refractivity contribution in [3.05, 3.63) is 131 Å². The molecule has 2 aromatic carbocycles. The van der Waals surface area contributed by atoms with E-state index in [1.54, 1.807) is 0 Å². The summed E-state index contributed by atoms with van der Waals surface area (Å²) >= 11 is 0. The third-order valence-electron chi connectivity index (χ3n) is 7.68. The monoisotopic (exact) mass is 490 g/mol. The highest BCUT2D eigenvalue weighted by Crippen LogP contribution is 2.38. The number of hydrogen-bond acceptors (Lipinski definition) is 0. The van der Waals surface area contributed by atoms with Gasteiger partial charge in [0.15, 0.2) is 0 Å². The van der Waals surface area contributed by atoms with Gasteiger partial charge in [-0.05, 0) is 117 Å². The van der Waals surface area contributed by atoms with E-state index in [-0.39, 0.29) is 0 Å². The Morgan fingerprint density at radius 3 is 1.24 bits per heavy atom. The van der Waals surface area contributed by atoms with Crippen molar-refractivity contribution < 1.29 is 0 Å². The Bertz CT molecular complexity index is 1540. The molecule has 0 aromatic heterocycles. The Labute approximate surface area is 223 Å². The second-order valence-corrected chi connectivity index (χ2v) is 11.9. The van der Waals surface area contributed by atoms with Crippen molar-refractivity contribution in [3.8, 4) is 44.5 Å². The second-order valence-electron chi connectivity index (χ2n) is 10.1. The summed E-state index contributed by atoms with van der Waals surface area (Å²) in [5, 5.41) is 3.00. The molecule has 0 saturated carbocycles. The van der Waals surface area contributed by atoms with Crippen molar-refractivity contribution in [2.45, 2.75) is 27.7 Å². The lowest BCUT2D eigenvalue weighted by atomic mass is 9.96. The van der Waals surface area contributed by atoms with Gasteiger partial charge in [-0.25, -0.2) is 0 Å². The lowest BCUT2D eigenvalue weighted by Gasteiger charge is -2.15. The molecule has 2 aromatic rings. The van der Waals surface area contributed by atoms with Gasteiger partial charge in [-0.2, -0.15) is 0 Å². The molecule has 6 rings (SSSR count). The van der Waals surface area contributed by atoms with E-state index in [0.29, 0.717) is 0 Å². The Morgan fingerprint density at radius 1 is 0.432 bits per heavy atom. The molecule has 0 atom stereocenters. The van der Waals surface area contributed by atoms with Crippen LogP contribution in [0.2, 0.25) is 0 Å². The minimum absolute atomic E-state index is 0.857. The Hall–Kier alpha value is -3.94. The van der Waals surface area contributed by atoms with Crippen LogP contribution in [0, 0.1) is 39.8 Å². The Kier molecular flexibility index (Phi) is 6.02. The van der Waals surface area contributed by atoms with E-state index in [0.717, 1.165) is 0 Å². The molecule has 4 aliphatic carbocycles. The second kappa shape index (κ2) is 9.50. The predicted molar refractivity (Wildman–Crippen MR) is 161 cm³/mol. The summed E-state index contributed by atoms with van der Waals surface area (Å²) in [5.74, 6) is 0. The van der Waals surface area contributed by atoms with Crippen molar-refractivity contribution in [2.75, 3.05) is 0 Å². The van der Waals surface area contributed by atoms with E-state index < -0.39 is 9.52 Å². The van der Waals surface area contributed by atoms with Crippen LogP contribution in [-0.2, 0) is 0 Å². The smallest absolute Gasteiger partial charge is 0.0622 e. The van der Waals surface area contributed by atoms with Crippen LogP contribution in [0.1, 0.15) is 22.3 Å². The lowest BCUT2D eigenvalue weighted by molar-refractivity contribution is 1.49. The molecule has 1 heteroatoms. The minimum atomic E-state index is -0.857. The normalized spacial score (nSPS) is 11.4. The summed E-state index contributed by atoms with van der Waals surface area (Å²) in [6.45, 7) is 8.98. The van der Waals surface area contributed by atoms with Gasteiger partial charge in [0.2, 0.25) is 0 Å². The number of aryl methyl sites for hydroxylation is 4. The summed E-state index contributed by atoms with van der Waals surface area (Å²) in [6.07, 6.45) is 0. The van der Waals surface area contributed by atoms with Gasteiger partial charge in [-0.1, -0.05) is 97.1 Å². The highest BCUT2D eigenvalue weighted by atomic mass is 28.2. The van der Waals surface area contributed by atoms with E-state index in [2.05, 4.69) is 137 Å². The molecule has 0 unspecified atom stereocenters. The summed E-state index contributed by atoms with van der Waals surface area (Å²) in [7, 11) is -0.857. The standard InChI is InChI=1S/C36H30Si/c1-23-13-11-19-29-21-25(3)35(33(29)31(23)27-15-7-5-8-16-27)37-36-26(4)22-30-20-12-14-24(2)32(34(30)36)28-17-9-6-10-18-28/h5-20H,37H2,1-4H3. The third-order valence-corrected chi connectivity index (χ3v) is 10.2. The molecular weight excluding hydrogens is 460 g/mol. The summed E-state index contributed by atoms with van der Waals surface area (Å²) in [5.41, 5.74) is 15.6. The first-order chi connectivity index (χ1) is 18.0. The van der Waals surface area contributed by atoms with E-state index in [4.69, 9.17) is 0 Å². The predicted octanol–water partition coefficient (Wildman–Crippen LogP) is 7.18. The number of rotatable bonds is 4. The molecule has 0 nitrogen and oxygen atoms in total. The van der Waals surface area contributed by atoms with Crippen LogP contribution >= 0.6 is 0 Å². The van der Waals surface area contributed by atoms with Crippen molar-refractivity contribution in [3.63, 3.8) is 0 Å². The fourth-order valence-electron chi connectivity index (χ4n) is 5.91. The molecule has 2 radical (unpaired) electrons. The fraction of sp³-hybridized carbons (Fsp3) is 0.111. The maximum atomic E-state index is 3.75. The molecule has 0 spiro atoms. The van der Waals surface area contributed by atoms with Crippen LogP contribution in [-0.4, -0.2) is 9.52 Å². The van der Waals surface area contributed by atoms with Crippen LogP contribution in [0.3, 0.4) is 0 Å². The Morgan fingerprint density at radius 2 is 0.838 bits per heavy atom. The van der Waals surface area contributed by atoms with Crippen molar-refractivity contribution in [2.24, 2.45) is 0 Å². The van der Waals surface area contributed by atoms with Gasteiger partial charge in [0, 0.05) is 0 Å². The molecule has 178 valence electrons. The van der Waals surface area contributed by atoms with Crippen LogP contribution in [0.5, 0.6) is 0 Å². The maximum absolute atomic E-state index is 3.75. The number of fused-ring (bicyclic) bond motifs is 2. The van der Waals surface area contributed by atoms with E-state index in [9.17, 15) is 0 Å². The number of hydrogen-bond donors (Lipinski definition) is 0. The zero-order valence-electron chi connectivity index (χ0n) is 21.9. The highest BCUT2D eigenvalue weighted by molar-refractivity contribution is 6.72. The summed E-state index contributed by atoms with van der Waals surface area (Å²) < 4.78 is 0. The molecule has 0 saturated heterocycles. The molecular formula is C36H30Si. The van der Waals surface area contributed by atoms with Gasteiger partial charge < -0.3 is 0 Å². The van der Waals surface area contributed by atoms with Crippen molar-refractivity contribution in [1.82, 2.24) is 0 Å². The molecule has 37 heavy (non-hydrogen) atoms. The van der Waals surface area contributed by atoms with Gasteiger partial charge in [0.25, 0.3) is 0 Å². The van der Waals surface area contributed by atoms with Crippen LogP contribution in [0.25, 0.3) is 44.5 Å². The van der Waals surface area contributed by atoms with E-state index >= 15 is 0 Å². The topological polar surface area (TPSA) is 0 Å². The third kappa shape index (κ3) is 4.10. The molecule has 0 amide bonds. The van der Waals surface area contributed by atoms with Gasteiger partial charge >= 0.3 is 0 Å². The maximum Gasteiger partial charge on any atom is 0.0899 e. The average molecular weight is 491 g/mol. The summed E-state index contributed by atoms with van der Waals surface area (Å²) in [6, 6.07) is 42.5. The quantitative estimate of drug-likeness (QED) is 0.230. The molecule has 0 fully saturated rings. The first-order valence-electron chi connectivity index (χ1n) is 13.0. The largest absolute Gasteiger partial charge is 0.0899 e. The molecule has 0 bridgehead atoms. The zero-order valence-corrected chi connectivity index (χ0v) is 23.4. The van der Waals surface area contributed by atoms with Crippen LogP contribution in [0.4, 0.5) is 0 Å². The highest BCUT2D eigenvalue weighted by Gasteiger charge is 2.25. The zero-order chi connectivity index (χ0) is 25.5. The van der Waals surface area contributed by atoms with Gasteiger partial charge in [0.1, 0.15) is 0 Å². The van der Waals surface area contributed by atoms with Crippen molar-refractivity contribution >= 4 is 19.9 Å². The first-order valence-corrected chi connectivity index (χ1v) is 14.4. The molecule has 0 heterocycles. The Balaban J connectivity index is 1.63. The first kappa shape index (κ1) is 23.5. The summed E-state index contributed by atoms with van der Waals surface area (Å²) in [4.78, 5) is 0. The fourth-order valence-corrected chi connectivity index (χ4v) is 8.06. The van der Waals surface area contributed by atoms with Gasteiger partial charge in [-0.15, -0.1) is 0 Å². The van der Waals surface area contributed by atoms with E-state index in [1.165, 1.54) is 77.1 Å². The average Bonchev–Trinajstić information content (AvgIpc) is 3.22. The minimum Gasteiger partial charge on any atom is -0.0622 e. The SMILES string of the molecule is Cc1[c]c2cccc(C)c(-c3ccccc3)c-2c1[SiH2]c1c(C)[c]c2cccc(C)c(-c3ccccc3)c1-2. The van der Waals surface area contributed by atoms with Crippen LogP contribution in [0.15, 0.2) is 97.1 Å². The van der Waals surface area contributed by atoms with Crippen molar-refractivity contribution in [1.29, 1.82) is 0 Å². The molecule has 4 aliphatic rings. The number of benzene rings is 2. The molecule has 0 N–H and O–H groups in total.